The molecule has 1 aromatic heterocycles. The molecule has 0 aliphatic carbocycles. The average Bonchev–Trinajstić information content (AvgIpc) is 2.76. The van der Waals surface area contributed by atoms with Crippen LogP contribution in [0.25, 0.3) is 0 Å². The van der Waals surface area contributed by atoms with Crippen molar-refractivity contribution >= 4 is 28.3 Å². The third-order valence-corrected chi connectivity index (χ3v) is 4.77. The number of carbonyl (C=O) groups is 2. The molecule has 0 bridgehead atoms. The van der Waals surface area contributed by atoms with Crippen LogP contribution in [0.3, 0.4) is 0 Å². The van der Waals surface area contributed by atoms with Crippen molar-refractivity contribution in [2.45, 2.75) is 39.8 Å². The minimum atomic E-state index is -0.374. The molecule has 0 radical (unpaired) electrons. The highest BCUT2D eigenvalue weighted by Crippen LogP contribution is 2.32. The van der Waals surface area contributed by atoms with E-state index in [0.717, 1.165) is 22.2 Å². The maximum Gasteiger partial charge on any atom is 0.249 e. The average molecular weight is 296 g/mol. The summed E-state index contributed by atoms with van der Waals surface area (Å²) in [6.45, 7) is 8.95. The minimum Gasteiger partial charge on any atom is -0.327 e. The second kappa shape index (κ2) is 5.88. The first-order valence-electron chi connectivity index (χ1n) is 6.75. The normalized spacial score (nSPS) is 21.0. The monoisotopic (exact) mass is 296 g/mol. The van der Waals surface area contributed by atoms with E-state index >= 15 is 0 Å². The molecular formula is C13H20N4O2S. The van der Waals surface area contributed by atoms with Gasteiger partial charge in [0.15, 0.2) is 5.13 Å². The molecule has 6 nitrogen and oxygen atoms in total. The molecule has 1 aromatic rings. The van der Waals surface area contributed by atoms with Crippen molar-refractivity contribution in [2.24, 2.45) is 0 Å². The first-order valence-corrected chi connectivity index (χ1v) is 7.56. The summed E-state index contributed by atoms with van der Waals surface area (Å²) in [5.74, 6) is -0.544. The molecule has 2 unspecified atom stereocenters. The van der Waals surface area contributed by atoms with Gasteiger partial charge in [0.05, 0.1) is 5.69 Å². The Morgan fingerprint density at radius 2 is 2.25 bits per heavy atom. The highest BCUT2D eigenvalue weighted by molar-refractivity contribution is 7.15. The van der Waals surface area contributed by atoms with E-state index in [1.54, 1.807) is 23.2 Å². The fourth-order valence-electron chi connectivity index (χ4n) is 2.26. The number of imide groups is 1. The van der Waals surface area contributed by atoms with Crippen LogP contribution in [-0.2, 0) is 9.59 Å². The Bertz CT molecular complexity index is 528. The van der Waals surface area contributed by atoms with Crippen molar-refractivity contribution in [3.63, 3.8) is 0 Å². The van der Waals surface area contributed by atoms with Crippen LogP contribution in [0.4, 0.5) is 5.13 Å². The van der Waals surface area contributed by atoms with E-state index < -0.39 is 0 Å². The predicted molar refractivity (Wildman–Crippen MR) is 78.9 cm³/mol. The maximum atomic E-state index is 11.7. The Hall–Kier alpha value is -1.47. The Morgan fingerprint density at radius 3 is 2.90 bits per heavy atom. The van der Waals surface area contributed by atoms with Crippen LogP contribution >= 0.6 is 11.3 Å². The first kappa shape index (κ1) is 14.9. The van der Waals surface area contributed by atoms with Crippen LogP contribution in [0.15, 0.2) is 0 Å². The van der Waals surface area contributed by atoms with Gasteiger partial charge in [-0.3, -0.25) is 14.9 Å². The van der Waals surface area contributed by atoms with Gasteiger partial charge in [-0.05, 0) is 27.3 Å². The first-order chi connectivity index (χ1) is 9.43. The van der Waals surface area contributed by atoms with Crippen molar-refractivity contribution in [1.29, 1.82) is 0 Å². The van der Waals surface area contributed by atoms with Crippen LogP contribution in [0.2, 0.25) is 0 Å². The Morgan fingerprint density at radius 1 is 1.55 bits per heavy atom. The summed E-state index contributed by atoms with van der Waals surface area (Å²) in [6, 6.07) is -0.156. The maximum absolute atomic E-state index is 11.7. The van der Waals surface area contributed by atoms with E-state index in [2.05, 4.69) is 29.5 Å². The molecule has 2 rings (SSSR count). The van der Waals surface area contributed by atoms with Gasteiger partial charge in [0.2, 0.25) is 11.8 Å². The number of anilines is 1. The third kappa shape index (κ3) is 2.83. The van der Waals surface area contributed by atoms with Crippen LogP contribution < -0.4 is 15.5 Å². The van der Waals surface area contributed by atoms with Gasteiger partial charge in [-0.25, -0.2) is 4.98 Å². The number of thiazole rings is 1. The van der Waals surface area contributed by atoms with E-state index in [1.165, 1.54) is 0 Å². The molecule has 1 aliphatic heterocycles. The summed E-state index contributed by atoms with van der Waals surface area (Å²) < 4.78 is 0. The predicted octanol–water partition coefficient (Wildman–Crippen LogP) is 0.973. The number of nitrogens with zero attached hydrogens (tertiary/aromatic N) is 2. The number of hydrogen-bond donors (Lipinski definition) is 2. The van der Waals surface area contributed by atoms with Crippen molar-refractivity contribution in [3.05, 3.63) is 10.6 Å². The highest BCUT2D eigenvalue weighted by atomic mass is 32.1. The van der Waals surface area contributed by atoms with Gasteiger partial charge in [-0.1, -0.05) is 18.3 Å². The minimum absolute atomic E-state index is 0.175. The van der Waals surface area contributed by atoms with Gasteiger partial charge < -0.3 is 10.2 Å². The lowest BCUT2D eigenvalue weighted by molar-refractivity contribution is -0.132. The number of hydrogen-bond acceptors (Lipinski definition) is 6. The van der Waals surface area contributed by atoms with E-state index in [0.29, 0.717) is 0 Å². The molecule has 1 saturated heterocycles. The molecule has 110 valence electrons. The lowest BCUT2D eigenvalue weighted by Gasteiger charge is -2.31. The van der Waals surface area contributed by atoms with Gasteiger partial charge in [-0.2, -0.15) is 0 Å². The summed E-state index contributed by atoms with van der Waals surface area (Å²) in [6.07, 6.45) is 0. The lowest BCUT2D eigenvalue weighted by Crippen LogP contribution is -2.57. The summed E-state index contributed by atoms with van der Waals surface area (Å²) in [5, 5.41) is 6.43. The number of aryl methyl sites for hydroxylation is 1. The fraction of sp³-hybridized carbons (Fsp3) is 0.615. The highest BCUT2D eigenvalue weighted by Gasteiger charge is 2.32. The van der Waals surface area contributed by atoms with E-state index in [9.17, 15) is 9.59 Å². The second-order valence-corrected chi connectivity index (χ2v) is 5.95. The molecule has 2 heterocycles. The smallest absolute Gasteiger partial charge is 0.249 e. The molecule has 2 amide bonds. The topological polar surface area (TPSA) is 74.3 Å². The Labute approximate surface area is 122 Å². The standard InChI is InChI=1S/C13H20N4O2S/c1-5-14-7(2)11-8(3)15-13(20-11)17-6-10(18)16-12(19)9(17)4/h7,9,14H,5-6H2,1-4H3,(H,16,18,19). The quantitative estimate of drug-likeness (QED) is 0.810. The molecule has 2 atom stereocenters. The van der Waals surface area contributed by atoms with Crippen molar-refractivity contribution in [2.75, 3.05) is 18.0 Å². The van der Waals surface area contributed by atoms with Crippen LogP contribution in [-0.4, -0.2) is 35.9 Å². The van der Waals surface area contributed by atoms with Gasteiger partial charge in [0.1, 0.15) is 12.6 Å². The van der Waals surface area contributed by atoms with Gasteiger partial charge in [0, 0.05) is 10.9 Å². The SMILES string of the molecule is CCNC(C)c1sc(N2CC(=O)NC(=O)C2C)nc1C. The molecule has 20 heavy (non-hydrogen) atoms. The zero-order valence-corrected chi connectivity index (χ0v) is 13.0. The summed E-state index contributed by atoms with van der Waals surface area (Å²) >= 11 is 1.54. The van der Waals surface area contributed by atoms with Crippen molar-refractivity contribution in [3.8, 4) is 0 Å². The fourth-order valence-corrected chi connectivity index (χ4v) is 3.44. The van der Waals surface area contributed by atoms with E-state index in [-0.39, 0.29) is 30.4 Å². The van der Waals surface area contributed by atoms with Gasteiger partial charge >= 0.3 is 0 Å². The number of carbonyl (C=O) groups excluding carboxylic acids is 2. The number of aromatic nitrogens is 1. The van der Waals surface area contributed by atoms with E-state index in [1.807, 2.05) is 6.92 Å². The molecule has 1 fully saturated rings. The zero-order valence-electron chi connectivity index (χ0n) is 12.2. The van der Waals surface area contributed by atoms with Crippen LogP contribution in [0.5, 0.6) is 0 Å². The molecule has 0 aromatic carbocycles. The second-order valence-electron chi connectivity index (χ2n) is 4.94. The van der Waals surface area contributed by atoms with Gasteiger partial charge in [-0.15, -0.1) is 0 Å². The zero-order chi connectivity index (χ0) is 14.9. The summed E-state index contributed by atoms with van der Waals surface area (Å²) in [7, 11) is 0. The number of piperazine rings is 1. The summed E-state index contributed by atoms with van der Waals surface area (Å²) in [5.41, 5.74) is 0.948. The molecule has 0 saturated carbocycles. The van der Waals surface area contributed by atoms with E-state index in [4.69, 9.17) is 0 Å². The third-order valence-electron chi connectivity index (χ3n) is 3.39. The van der Waals surface area contributed by atoms with Crippen molar-refractivity contribution < 1.29 is 9.59 Å². The number of nitrogens with one attached hydrogen (secondary N) is 2. The largest absolute Gasteiger partial charge is 0.327 e. The lowest BCUT2D eigenvalue weighted by atomic mass is 10.2. The number of rotatable bonds is 4. The molecule has 0 spiro atoms. The van der Waals surface area contributed by atoms with Gasteiger partial charge in [0.25, 0.3) is 0 Å². The Balaban J connectivity index is 2.26. The molecule has 1 aliphatic rings. The Kier molecular flexibility index (Phi) is 4.39. The van der Waals surface area contributed by atoms with Crippen LogP contribution in [0, 0.1) is 6.92 Å². The summed E-state index contributed by atoms with van der Waals surface area (Å²) in [4.78, 5) is 30.7. The molecular weight excluding hydrogens is 276 g/mol. The van der Waals surface area contributed by atoms with Crippen LogP contribution in [0.1, 0.15) is 37.4 Å². The molecule has 2 N–H and O–H groups in total. The number of amides is 2. The van der Waals surface area contributed by atoms with Crippen molar-refractivity contribution in [1.82, 2.24) is 15.6 Å². The molecule has 7 heteroatoms.